The molecule has 0 fully saturated rings. The van der Waals surface area contributed by atoms with E-state index in [0.717, 1.165) is 14.4 Å². The number of pyridine rings is 1. The van der Waals surface area contributed by atoms with Crippen molar-refractivity contribution in [3.05, 3.63) is 40.9 Å². The summed E-state index contributed by atoms with van der Waals surface area (Å²) in [5.74, 6) is -0.947. The lowest BCUT2D eigenvalue weighted by Crippen LogP contribution is -1.97. The summed E-state index contributed by atoms with van der Waals surface area (Å²) in [5, 5.41) is 19.4. The van der Waals surface area contributed by atoms with E-state index >= 15 is 0 Å². The number of benzene rings is 1. The van der Waals surface area contributed by atoms with Gasteiger partial charge in [-0.15, -0.1) is 10.2 Å². The molecule has 2 heterocycles. The average molecular weight is 303 g/mol. The maximum absolute atomic E-state index is 11.1. The topological polar surface area (TPSA) is 76.0 Å². The summed E-state index contributed by atoms with van der Waals surface area (Å²) in [6.07, 6.45) is 0. The third-order valence-electron chi connectivity index (χ3n) is 2.64. The molecule has 0 bridgehead atoms. The van der Waals surface area contributed by atoms with Crippen LogP contribution in [0.4, 0.5) is 0 Å². The predicted octanol–water partition coefficient (Wildman–Crippen LogP) is 3.24. The zero-order valence-electron chi connectivity index (χ0n) is 10.4. The minimum atomic E-state index is -0.947. The number of nitrogens with zero attached hydrogens (tertiary/aromatic N) is 3. The van der Waals surface area contributed by atoms with Gasteiger partial charge in [-0.3, -0.25) is 0 Å². The van der Waals surface area contributed by atoms with E-state index < -0.39 is 5.97 Å². The van der Waals surface area contributed by atoms with Crippen molar-refractivity contribution >= 4 is 40.0 Å². The van der Waals surface area contributed by atoms with E-state index in [4.69, 9.17) is 5.11 Å². The number of hydrogen-bond acceptors (Lipinski definition) is 6. The molecule has 5 nitrogen and oxygen atoms in total. The number of rotatable bonds is 3. The molecule has 0 aliphatic carbocycles. The third-order valence-corrected chi connectivity index (χ3v) is 4.46. The van der Waals surface area contributed by atoms with Crippen LogP contribution < -0.4 is 0 Å². The van der Waals surface area contributed by atoms with Crippen molar-refractivity contribution < 1.29 is 9.90 Å². The molecular weight excluding hydrogens is 294 g/mol. The van der Waals surface area contributed by atoms with Crippen LogP contribution in [-0.2, 0) is 0 Å². The van der Waals surface area contributed by atoms with Crippen molar-refractivity contribution in [2.45, 2.75) is 16.3 Å². The summed E-state index contributed by atoms with van der Waals surface area (Å²) in [5.41, 5.74) is 0.925. The Labute approximate surface area is 122 Å². The second kappa shape index (κ2) is 5.18. The van der Waals surface area contributed by atoms with Crippen molar-refractivity contribution in [3.63, 3.8) is 0 Å². The van der Waals surface area contributed by atoms with Crippen molar-refractivity contribution in [1.82, 2.24) is 15.2 Å². The smallest absolute Gasteiger partial charge is 0.336 e. The van der Waals surface area contributed by atoms with Crippen molar-refractivity contribution in [1.29, 1.82) is 0 Å². The molecule has 0 aliphatic rings. The predicted molar refractivity (Wildman–Crippen MR) is 77.5 cm³/mol. The zero-order valence-corrected chi connectivity index (χ0v) is 12.0. The Kier molecular flexibility index (Phi) is 3.37. The fourth-order valence-corrected chi connectivity index (χ4v) is 3.53. The monoisotopic (exact) mass is 303 g/mol. The van der Waals surface area contributed by atoms with Crippen LogP contribution in [-0.4, -0.2) is 26.3 Å². The van der Waals surface area contributed by atoms with Gasteiger partial charge in [0.1, 0.15) is 10.0 Å². The Hall–Kier alpha value is -1.99. The second-order valence-corrected chi connectivity index (χ2v) is 6.47. The lowest BCUT2D eigenvalue weighted by atomic mass is 10.1. The Morgan fingerprint density at radius 2 is 2.10 bits per heavy atom. The van der Waals surface area contributed by atoms with Gasteiger partial charge < -0.3 is 5.11 Å². The second-order valence-electron chi connectivity index (χ2n) is 4.02. The summed E-state index contributed by atoms with van der Waals surface area (Å²) in [6.45, 7) is 1.90. The van der Waals surface area contributed by atoms with Crippen LogP contribution in [0.5, 0.6) is 0 Å². The first-order valence-electron chi connectivity index (χ1n) is 5.74. The van der Waals surface area contributed by atoms with Crippen LogP contribution in [0.2, 0.25) is 0 Å². The molecule has 1 aromatic carbocycles. The maximum atomic E-state index is 11.1. The van der Waals surface area contributed by atoms with Crippen LogP contribution in [0.15, 0.2) is 39.7 Å². The standard InChI is InChI=1S/C13H9N3O2S2/c1-7-15-16-13(19-7)20-11-6-5-8-9(12(17)18)3-2-4-10(8)14-11/h2-6H,1H3,(H,17,18). The van der Waals surface area contributed by atoms with E-state index in [9.17, 15) is 4.79 Å². The van der Waals surface area contributed by atoms with E-state index in [1.54, 1.807) is 30.3 Å². The zero-order chi connectivity index (χ0) is 14.1. The number of fused-ring (bicyclic) bond motifs is 1. The van der Waals surface area contributed by atoms with Gasteiger partial charge in [0, 0.05) is 5.39 Å². The van der Waals surface area contributed by atoms with Gasteiger partial charge in [0.05, 0.1) is 11.1 Å². The Bertz CT molecular complexity index is 801. The average Bonchev–Trinajstić information content (AvgIpc) is 2.83. The number of aryl methyl sites for hydroxylation is 1. The van der Waals surface area contributed by atoms with Gasteiger partial charge in [0.2, 0.25) is 0 Å². The molecule has 100 valence electrons. The van der Waals surface area contributed by atoms with E-state index in [2.05, 4.69) is 15.2 Å². The number of aromatic carboxylic acids is 1. The van der Waals surface area contributed by atoms with Gasteiger partial charge in [0.15, 0.2) is 4.34 Å². The normalized spacial score (nSPS) is 10.8. The molecule has 0 atom stereocenters. The molecule has 0 aliphatic heterocycles. The van der Waals surface area contributed by atoms with Gasteiger partial charge in [-0.2, -0.15) is 0 Å². The van der Waals surface area contributed by atoms with Crippen LogP contribution >= 0.6 is 23.1 Å². The SMILES string of the molecule is Cc1nnc(Sc2ccc3c(C(=O)O)cccc3n2)s1. The number of carbonyl (C=O) groups is 1. The van der Waals surface area contributed by atoms with Gasteiger partial charge in [-0.05, 0) is 43.0 Å². The summed E-state index contributed by atoms with van der Waals surface area (Å²) >= 11 is 2.93. The highest BCUT2D eigenvalue weighted by atomic mass is 32.2. The molecular formula is C13H9N3O2S2. The van der Waals surface area contributed by atoms with Gasteiger partial charge in [0.25, 0.3) is 0 Å². The lowest BCUT2D eigenvalue weighted by molar-refractivity contribution is 0.0699. The van der Waals surface area contributed by atoms with E-state index in [-0.39, 0.29) is 5.56 Å². The summed E-state index contributed by atoms with van der Waals surface area (Å²) in [6, 6.07) is 8.66. The van der Waals surface area contributed by atoms with Crippen molar-refractivity contribution in [2.24, 2.45) is 0 Å². The maximum Gasteiger partial charge on any atom is 0.336 e. The molecule has 0 unspecified atom stereocenters. The minimum absolute atomic E-state index is 0.262. The van der Waals surface area contributed by atoms with Crippen molar-refractivity contribution in [2.75, 3.05) is 0 Å². The molecule has 0 spiro atoms. The third kappa shape index (κ3) is 2.50. The number of aromatic nitrogens is 3. The first-order chi connectivity index (χ1) is 9.63. The van der Waals surface area contributed by atoms with E-state index in [0.29, 0.717) is 10.9 Å². The summed E-state index contributed by atoms with van der Waals surface area (Å²) in [4.78, 5) is 15.6. The molecule has 3 aromatic rings. The van der Waals surface area contributed by atoms with Crippen LogP contribution in [0, 0.1) is 6.92 Å². The fourth-order valence-electron chi connectivity index (χ4n) is 1.79. The highest BCUT2D eigenvalue weighted by molar-refractivity contribution is 8.01. The lowest BCUT2D eigenvalue weighted by Gasteiger charge is -2.03. The number of hydrogen-bond donors (Lipinski definition) is 1. The van der Waals surface area contributed by atoms with Gasteiger partial charge in [-0.1, -0.05) is 17.4 Å². The van der Waals surface area contributed by atoms with Crippen LogP contribution in [0.3, 0.4) is 0 Å². The molecule has 0 saturated carbocycles. The largest absolute Gasteiger partial charge is 0.478 e. The van der Waals surface area contributed by atoms with Gasteiger partial charge >= 0.3 is 5.97 Å². The van der Waals surface area contributed by atoms with E-state index in [1.807, 2.05) is 6.92 Å². The molecule has 1 N–H and O–H groups in total. The molecule has 0 saturated heterocycles. The molecule has 0 amide bonds. The number of carboxylic acids is 1. The van der Waals surface area contributed by atoms with E-state index in [1.165, 1.54) is 23.1 Å². The number of carboxylic acid groups (broad SMARTS) is 1. The van der Waals surface area contributed by atoms with Crippen molar-refractivity contribution in [3.8, 4) is 0 Å². The quantitative estimate of drug-likeness (QED) is 0.800. The first-order valence-corrected chi connectivity index (χ1v) is 7.38. The first kappa shape index (κ1) is 13.0. The molecule has 3 rings (SSSR count). The Balaban J connectivity index is 2.01. The molecule has 20 heavy (non-hydrogen) atoms. The van der Waals surface area contributed by atoms with Crippen LogP contribution in [0.1, 0.15) is 15.4 Å². The molecule has 2 aromatic heterocycles. The fraction of sp³-hybridized carbons (Fsp3) is 0.0769. The molecule has 0 radical (unpaired) electrons. The van der Waals surface area contributed by atoms with Crippen LogP contribution in [0.25, 0.3) is 10.9 Å². The Morgan fingerprint density at radius 3 is 2.80 bits per heavy atom. The molecule has 7 heteroatoms. The van der Waals surface area contributed by atoms with Gasteiger partial charge in [-0.25, -0.2) is 9.78 Å². The highest BCUT2D eigenvalue weighted by Gasteiger charge is 2.10. The Morgan fingerprint density at radius 1 is 1.25 bits per heavy atom. The summed E-state index contributed by atoms with van der Waals surface area (Å²) in [7, 11) is 0. The highest BCUT2D eigenvalue weighted by Crippen LogP contribution is 2.30. The minimum Gasteiger partial charge on any atom is -0.478 e. The summed E-state index contributed by atoms with van der Waals surface area (Å²) < 4.78 is 0.823.